The maximum Gasteiger partial charge on any atom is 0.336 e. The van der Waals surface area contributed by atoms with E-state index in [4.69, 9.17) is 5.11 Å². The molecule has 0 amide bonds. The Morgan fingerprint density at radius 2 is 2.38 bits per heavy atom. The van der Waals surface area contributed by atoms with Gasteiger partial charge in [-0.2, -0.15) is 5.10 Å². The van der Waals surface area contributed by atoms with Crippen molar-refractivity contribution in [3.63, 3.8) is 0 Å². The van der Waals surface area contributed by atoms with Gasteiger partial charge in [0.05, 0.1) is 17.5 Å². The van der Waals surface area contributed by atoms with Gasteiger partial charge in [-0.25, -0.2) is 4.79 Å². The highest BCUT2D eigenvalue weighted by molar-refractivity contribution is 5.97. The lowest BCUT2D eigenvalue weighted by Gasteiger charge is -2.04. The van der Waals surface area contributed by atoms with Crippen LogP contribution in [0.3, 0.4) is 0 Å². The maximum absolute atomic E-state index is 11.1. The van der Waals surface area contributed by atoms with Crippen LogP contribution in [-0.2, 0) is 6.54 Å². The zero-order valence-corrected chi connectivity index (χ0v) is 8.32. The summed E-state index contributed by atoms with van der Waals surface area (Å²) in [6.45, 7) is 0.520. The highest BCUT2D eigenvalue weighted by atomic mass is 16.4. The third-order valence-electron chi connectivity index (χ3n) is 2.75. The topological polar surface area (TPSA) is 78.0 Å². The molecule has 5 heteroatoms. The first-order valence-corrected chi connectivity index (χ1v) is 4.89. The fourth-order valence-electron chi connectivity index (χ4n) is 2.07. The van der Waals surface area contributed by atoms with Crippen molar-refractivity contribution in [2.24, 2.45) is 0 Å². The number of H-pyrrole nitrogens is 1. The molecule has 3 rings (SSSR count). The van der Waals surface area contributed by atoms with Gasteiger partial charge in [0.2, 0.25) is 0 Å². The summed E-state index contributed by atoms with van der Waals surface area (Å²) in [6, 6.07) is 1.66. The number of carbonyl (C=O) groups is 1. The van der Waals surface area contributed by atoms with Crippen LogP contribution in [0.25, 0.3) is 17.2 Å². The molecule has 2 aliphatic heterocycles. The summed E-state index contributed by atoms with van der Waals surface area (Å²) in [5.41, 5.74) is 3.78. The van der Waals surface area contributed by atoms with E-state index in [9.17, 15) is 4.79 Å². The molecule has 0 unspecified atom stereocenters. The number of aromatic amines is 1. The summed E-state index contributed by atoms with van der Waals surface area (Å²) < 4.78 is 0. The average Bonchev–Trinajstić information content (AvgIpc) is 2.50. The van der Waals surface area contributed by atoms with Crippen molar-refractivity contribution in [3.8, 4) is 11.1 Å². The molecule has 0 aromatic heterocycles. The summed E-state index contributed by atoms with van der Waals surface area (Å²) in [4.78, 5) is 11.1. The number of aromatic carboxylic acids is 1. The van der Waals surface area contributed by atoms with Crippen LogP contribution in [-0.4, -0.2) is 21.3 Å². The number of carboxylic acids is 1. The van der Waals surface area contributed by atoms with E-state index in [1.807, 2.05) is 6.08 Å². The standard InChI is InChI=1S/C11H9N3O2/c15-11(16)7-3-6-4-13-14-9-1-2-12-5-8(7)10(6)9/h1-4,12,14H,5H2,(H,15,16). The molecular formula is C11H9N3O2. The van der Waals surface area contributed by atoms with Gasteiger partial charge in [-0.05, 0) is 23.9 Å². The largest absolute Gasteiger partial charge is 0.478 e. The molecule has 2 heterocycles. The normalized spacial score (nSPS) is 13.5. The number of nitrogens with zero attached hydrogens (tertiary/aromatic N) is 1. The molecule has 3 aliphatic rings. The Morgan fingerprint density at radius 3 is 3.19 bits per heavy atom. The molecule has 0 aromatic carbocycles. The highest BCUT2D eigenvalue weighted by Crippen LogP contribution is 2.34. The minimum atomic E-state index is -0.902. The predicted molar refractivity (Wildman–Crippen MR) is 58.0 cm³/mol. The summed E-state index contributed by atoms with van der Waals surface area (Å²) in [5, 5.41) is 19.0. The first kappa shape index (κ1) is 8.96. The molecule has 0 fully saturated rings. The van der Waals surface area contributed by atoms with Crippen LogP contribution in [0, 0.1) is 0 Å². The number of carboxylic acid groups (broad SMARTS) is 1. The molecule has 16 heavy (non-hydrogen) atoms. The van der Waals surface area contributed by atoms with Gasteiger partial charge in [0, 0.05) is 17.7 Å². The zero-order valence-electron chi connectivity index (χ0n) is 8.32. The Kier molecular flexibility index (Phi) is 1.73. The zero-order chi connectivity index (χ0) is 11.1. The summed E-state index contributed by atoms with van der Waals surface area (Å²) in [7, 11) is 0. The molecular weight excluding hydrogens is 206 g/mol. The number of rotatable bonds is 1. The third kappa shape index (κ3) is 1.11. The van der Waals surface area contributed by atoms with Gasteiger partial charge < -0.3 is 10.4 Å². The number of hydrogen-bond donors (Lipinski definition) is 3. The molecule has 0 bridgehead atoms. The monoisotopic (exact) mass is 215 g/mol. The number of hydrogen-bond acceptors (Lipinski definition) is 3. The van der Waals surface area contributed by atoms with Crippen LogP contribution in [0.15, 0.2) is 18.5 Å². The first-order valence-electron chi connectivity index (χ1n) is 4.89. The quantitative estimate of drug-likeness (QED) is 0.669. The van der Waals surface area contributed by atoms with Crippen molar-refractivity contribution < 1.29 is 9.90 Å². The fourth-order valence-corrected chi connectivity index (χ4v) is 2.07. The van der Waals surface area contributed by atoms with Crippen LogP contribution in [0.2, 0.25) is 0 Å². The van der Waals surface area contributed by atoms with E-state index in [2.05, 4.69) is 15.5 Å². The molecule has 3 N–H and O–H groups in total. The minimum absolute atomic E-state index is 0.342. The molecule has 1 aliphatic carbocycles. The molecule has 0 saturated carbocycles. The van der Waals surface area contributed by atoms with Crippen LogP contribution in [0.4, 0.5) is 0 Å². The summed E-state index contributed by atoms with van der Waals surface area (Å²) in [6.07, 6.45) is 5.30. The maximum atomic E-state index is 11.1. The molecule has 0 spiro atoms. The molecule has 0 radical (unpaired) electrons. The van der Waals surface area contributed by atoms with Gasteiger partial charge in [-0.3, -0.25) is 5.10 Å². The van der Waals surface area contributed by atoms with Gasteiger partial charge in [0.1, 0.15) is 0 Å². The van der Waals surface area contributed by atoms with E-state index in [0.29, 0.717) is 12.1 Å². The smallest absolute Gasteiger partial charge is 0.336 e. The first-order chi connectivity index (χ1) is 7.77. The van der Waals surface area contributed by atoms with Crippen molar-refractivity contribution >= 4 is 12.0 Å². The predicted octanol–water partition coefficient (Wildman–Crippen LogP) is 1.29. The molecule has 5 nitrogen and oxygen atoms in total. The second-order valence-corrected chi connectivity index (χ2v) is 3.67. The number of aromatic nitrogens is 2. The van der Waals surface area contributed by atoms with E-state index in [1.54, 1.807) is 18.5 Å². The van der Waals surface area contributed by atoms with Crippen molar-refractivity contribution in [2.75, 3.05) is 0 Å². The van der Waals surface area contributed by atoms with Gasteiger partial charge in [0.15, 0.2) is 0 Å². The Bertz CT molecular complexity index is 571. The Morgan fingerprint density at radius 1 is 1.50 bits per heavy atom. The van der Waals surface area contributed by atoms with Crippen molar-refractivity contribution in [2.45, 2.75) is 6.54 Å². The van der Waals surface area contributed by atoms with Crippen LogP contribution < -0.4 is 5.32 Å². The second kappa shape index (κ2) is 3.10. The summed E-state index contributed by atoms with van der Waals surface area (Å²) in [5.74, 6) is -0.902. The summed E-state index contributed by atoms with van der Waals surface area (Å²) >= 11 is 0. The average molecular weight is 215 g/mol. The van der Waals surface area contributed by atoms with Crippen LogP contribution in [0.5, 0.6) is 0 Å². The van der Waals surface area contributed by atoms with Crippen molar-refractivity contribution in [3.05, 3.63) is 35.3 Å². The van der Waals surface area contributed by atoms with E-state index in [0.717, 1.165) is 22.4 Å². The Hall–Kier alpha value is -2.30. The third-order valence-corrected chi connectivity index (χ3v) is 2.75. The van der Waals surface area contributed by atoms with Gasteiger partial charge in [-0.15, -0.1) is 0 Å². The van der Waals surface area contributed by atoms with Crippen molar-refractivity contribution in [1.82, 2.24) is 15.5 Å². The van der Waals surface area contributed by atoms with Crippen molar-refractivity contribution in [1.29, 1.82) is 0 Å². The SMILES string of the molecule is O=C(O)c1cc2cn[nH]c3c-2c1CNC=C3. The molecule has 0 saturated heterocycles. The highest BCUT2D eigenvalue weighted by Gasteiger charge is 2.23. The van der Waals surface area contributed by atoms with Gasteiger partial charge in [0.25, 0.3) is 0 Å². The molecule has 0 atom stereocenters. The van der Waals surface area contributed by atoms with E-state index < -0.39 is 5.97 Å². The molecule has 0 aromatic rings. The lowest BCUT2D eigenvalue weighted by Crippen LogP contribution is -2.07. The Balaban J connectivity index is 2.38. The van der Waals surface area contributed by atoms with Crippen LogP contribution in [0.1, 0.15) is 21.6 Å². The fraction of sp³-hybridized carbons (Fsp3) is 0.0909. The lowest BCUT2D eigenvalue weighted by atomic mass is 10.1. The van der Waals surface area contributed by atoms with Crippen LogP contribution >= 0.6 is 0 Å². The molecule has 80 valence electrons. The second-order valence-electron chi connectivity index (χ2n) is 3.67. The Labute approximate surface area is 91.1 Å². The van der Waals surface area contributed by atoms with E-state index in [-0.39, 0.29) is 0 Å². The van der Waals surface area contributed by atoms with Gasteiger partial charge in [-0.1, -0.05) is 0 Å². The number of nitrogens with one attached hydrogen (secondary N) is 2. The van der Waals surface area contributed by atoms with Gasteiger partial charge >= 0.3 is 5.97 Å². The van der Waals surface area contributed by atoms with E-state index >= 15 is 0 Å². The minimum Gasteiger partial charge on any atom is -0.478 e. The lowest BCUT2D eigenvalue weighted by molar-refractivity contribution is 0.0696. The van der Waals surface area contributed by atoms with E-state index in [1.165, 1.54) is 0 Å².